The van der Waals surface area contributed by atoms with Crippen molar-refractivity contribution >= 4 is 23.8 Å². The molecule has 2 atom stereocenters. The van der Waals surface area contributed by atoms with E-state index in [2.05, 4.69) is 25.9 Å². The lowest BCUT2D eigenvalue weighted by molar-refractivity contribution is -0.155. The first kappa shape index (κ1) is 33.8. The van der Waals surface area contributed by atoms with Crippen molar-refractivity contribution < 1.29 is 33.4 Å². The quantitative estimate of drug-likeness (QED) is 0.315. The third kappa shape index (κ3) is 9.95. The van der Waals surface area contributed by atoms with Crippen molar-refractivity contribution in [1.82, 2.24) is 30.8 Å². The van der Waals surface area contributed by atoms with Gasteiger partial charge in [-0.3, -0.25) is 19.3 Å². The van der Waals surface area contributed by atoms with Crippen molar-refractivity contribution in [2.45, 2.75) is 77.2 Å². The van der Waals surface area contributed by atoms with Crippen LogP contribution in [0.5, 0.6) is 5.88 Å². The number of piperidine rings is 1. The lowest BCUT2D eigenvalue weighted by Crippen LogP contribution is -2.61. The van der Waals surface area contributed by atoms with E-state index >= 15 is 0 Å². The highest BCUT2D eigenvalue weighted by molar-refractivity contribution is 5.99. The topological polar surface area (TPSA) is 161 Å². The number of ketones is 1. The molecule has 244 valence electrons. The molecule has 2 amide bonds. The highest BCUT2D eigenvalue weighted by Gasteiger charge is 2.38. The van der Waals surface area contributed by atoms with Crippen molar-refractivity contribution in [2.24, 2.45) is 0 Å². The van der Waals surface area contributed by atoms with Crippen molar-refractivity contribution in [3.8, 4) is 17.3 Å². The van der Waals surface area contributed by atoms with Gasteiger partial charge in [0.25, 0.3) is 5.91 Å². The zero-order valence-electron chi connectivity index (χ0n) is 26.5. The number of hydrogen-bond acceptors (Lipinski definition) is 11. The average molecular weight is 625 g/mol. The number of nitrogens with one attached hydrogen (secondary N) is 3. The van der Waals surface area contributed by atoms with Crippen LogP contribution >= 0.6 is 0 Å². The molecule has 0 aliphatic carbocycles. The minimum Gasteiger partial charge on any atom is -0.474 e. The first-order valence-corrected chi connectivity index (χ1v) is 15.6. The van der Waals surface area contributed by atoms with Crippen LogP contribution in [0.1, 0.15) is 63.9 Å². The second-order valence-corrected chi connectivity index (χ2v) is 12.0. The summed E-state index contributed by atoms with van der Waals surface area (Å²) >= 11 is 0. The molecule has 2 aliphatic rings. The first-order valence-electron chi connectivity index (χ1n) is 15.6. The summed E-state index contributed by atoms with van der Waals surface area (Å²) in [6, 6.07) is 8.65. The molecule has 1 aromatic heterocycles. The Labute approximate surface area is 263 Å². The normalized spacial score (nSPS) is 18.0. The molecule has 13 heteroatoms. The van der Waals surface area contributed by atoms with Crippen molar-refractivity contribution in [2.75, 3.05) is 39.3 Å². The summed E-state index contributed by atoms with van der Waals surface area (Å²) in [5, 5.41) is 9.22. The molecule has 3 heterocycles. The molecule has 1 unspecified atom stereocenters. The zero-order valence-corrected chi connectivity index (χ0v) is 26.5. The van der Waals surface area contributed by atoms with Crippen molar-refractivity contribution in [3.63, 3.8) is 0 Å². The van der Waals surface area contributed by atoms with Crippen LogP contribution in [0, 0.1) is 0 Å². The largest absolute Gasteiger partial charge is 0.474 e. The van der Waals surface area contributed by atoms with Crippen LogP contribution in [0.15, 0.2) is 36.4 Å². The Kier molecular flexibility index (Phi) is 11.8. The Morgan fingerprint density at radius 3 is 2.47 bits per heavy atom. The number of piperazine rings is 1. The molecule has 13 nitrogen and oxygen atoms in total. The van der Waals surface area contributed by atoms with Gasteiger partial charge in [0.05, 0.1) is 12.6 Å². The molecule has 0 radical (unpaired) electrons. The van der Waals surface area contributed by atoms with Crippen LogP contribution in [0.4, 0.5) is 4.79 Å². The molecule has 0 saturated carbocycles. The van der Waals surface area contributed by atoms with Gasteiger partial charge in [-0.25, -0.2) is 9.78 Å². The van der Waals surface area contributed by atoms with Gasteiger partial charge in [0, 0.05) is 37.7 Å². The van der Waals surface area contributed by atoms with Crippen LogP contribution in [-0.4, -0.2) is 102 Å². The highest BCUT2D eigenvalue weighted by atomic mass is 16.6. The summed E-state index contributed by atoms with van der Waals surface area (Å²) in [7, 11) is 0. The fourth-order valence-electron chi connectivity index (χ4n) is 5.19. The molecule has 0 bridgehead atoms. The number of amides is 2. The van der Waals surface area contributed by atoms with Crippen LogP contribution < -0.4 is 20.7 Å². The number of carbonyl (C=O) groups excluding carboxylic acids is 4. The number of esters is 1. The Morgan fingerprint density at radius 1 is 1.04 bits per heavy atom. The molecule has 3 N–H and O–H groups in total. The van der Waals surface area contributed by atoms with E-state index in [1.165, 1.54) is 11.0 Å². The maximum Gasteiger partial charge on any atom is 0.410 e. The molecule has 45 heavy (non-hydrogen) atoms. The van der Waals surface area contributed by atoms with Crippen LogP contribution in [0.2, 0.25) is 0 Å². The van der Waals surface area contributed by atoms with Gasteiger partial charge in [-0.15, -0.1) is 0 Å². The van der Waals surface area contributed by atoms with E-state index in [1.807, 2.05) is 30.3 Å². The fraction of sp³-hybridized carbons (Fsp3) is 0.562. The standard InChI is InChI=1S/C32H44N6O7/c1-5-43-31(42)38-18-17-34-20-25(38)28(40)23(11-12-27(39)45-32(2,3)4)36-30(41)24-19-26(44-22-13-15-33-16-14-22)37-29(35-24)21-9-7-6-8-10-21/h6-10,19,22-23,25,33-34H,5,11-18,20H2,1-4H3,(H,36,41)/t23-,25?/m0/s1. The Morgan fingerprint density at radius 2 is 1.78 bits per heavy atom. The maximum atomic E-state index is 14.0. The Balaban J connectivity index is 1.61. The Hall–Kier alpha value is -4.10. The van der Waals surface area contributed by atoms with Crippen LogP contribution in [0.3, 0.4) is 0 Å². The predicted octanol–water partition coefficient (Wildman–Crippen LogP) is 2.49. The van der Waals surface area contributed by atoms with Gasteiger partial charge >= 0.3 is 12.1 Å². The molecule has 1 aromatic carbocycles. The fourth-order valence-corrected chi connectivity index (χ4v) is 5.19. The summed E-state index contributed by atoms with van der Waals surface area (Å²) in [6.45, 7) is 9.65. The van der Waals surface area contributed by atoms with Gasteiger partial charge in [-0.2, -0.15) is 4.98 Å². The number of ether oxygens (including phenoxy) is 3. The molecule has 2 fully saturated rings. The number of benzene rings is 1. The lowest BCUT2D eigenvalue weighted by Gasteiger charge is -2.36. The number of hydrogen-bond donors (Lipinski definition) is 3. The number of aromatic nitrogens is 2. The highest BCUT2D eigenvalue weighted by Crippen LogP contribution is 2.22. The average Bonchev–Trinajstić information content (AvgIpc) is 3.02. The second-order valence-electron chi connectivity index (χ2n) is 12.0. The van der Waals surface area contributed by atoms with Crippen molar-refractivity contribution in [1.29, 1.82) is 0 Å². The van der Waals surface area contributed by atoms with Crippen LogP contribution in [-0.2, 0) is 19.1 Å². The predicted molar refractivity (Wildman–Crippen MR) is 166 cm³/mol. The molecule has 2 aliphatic heterocycles. The van der Waals surface area contributed by atoms with Crippen LogP contribution in [0.25, 0.3) is 11.4 Å². The Bertz CT molecular complexity index is 1330. The number of rotatable bonds is 11. The van der Waals surface area contributed by atoms with E-state index in [9.17, 15) is 19.2 Å². The van der Waals surface area contributed by atoms with E-state index in [0.29, 0.717) is 17.9 Å². The van der Waals surface area contributed by atoms with Gasteiger partial charge in [0.2, 0.25) is 5.88 Å². The minimum atomic E-state index is -1.13. The SMILES string of the molecule is CCOC(=O)N1CCNCC1C(=O)[C@H](CCC(=O)OC(C)(C)C)NC(=O)c1cc(OC2CCNCC2)nc(-c2ccccc2)n1. The maximum absolute atomic E-state index is 14.0. The van der Waals surface area contributed by atoms with E-state index in [0.717, 1.165) is 25.9 Å². The molecule has 0 spiro atoms. The summed E-state index contributed by atoms with van der Waals surface area (Å²) in [6.07, 6.45) is 0.729. The van der Waals surface area contributed by atoms with E-state index < -0.39 is 41.4 Å². The first-order chi connectivity index (χ1) is 21.5. The zero-order chi connectivity index (χ0) is 32.4. The third-order valence-corrected chi connectivity index (χ3v) is 7.32. The molecular formula is C32H44N6O7. The monoisotopic (exact) mass is 624 g/mol. The van der Waals surface area contributed by atoms with Gasteiger partial charge in [-0.05, 0) is 60.0 Å². The van der Waals surface area contributed by atoms with Gasteiger partial charge in [0.1, 0.15) is 23.4 Å². The van der Waals surface area contributed by atoms with Crippen molar-refractivity contribution in [3.05, 3.63) is 42.1 Å². The molecule has 2 aromatic rings. The summed E-state index contributed by atoms with van der Waals surface area (Å²) in [5.41, 5.74) is -0.0157. The summed E-state index contributed by atoms with van der Waals surface area (Å²) in [5.74, 6) is -1.03. The summed E-state index contributed by atoms with van der Waals surface area (Å²) in [4.78, 5) is 63.6. The van der Waals surface area contributed by atoms with Gasteiger partial charge in [0.15, 0.2) is 11.6 Å². The smallest absolute Gasteiger partial charge is 0.410 e. The van der Waals surface area contributed by atoms with E-state index in [1.54, 1.807) is 27.7 Å². The molecule has 2 saturated heterocycles. The third-order valence-electron chi connectivity index (χ3n) is 7.32. The van der Waals surface area contributed by atoms with Gasteiger partial charge < -0.3 is 30.2 Å². The second kappa shape index (κ2) is 15.8. The summed E-state index contributed by atoms with van der Waals surface area (Å²) < 4.78 is 16.8. The minimum absolute atomic E-state index is 0.00636. The van der Waals surface area contributed by atoms with E-state index in [-0.39, 0.29) is 50.2 Å². The number of carbonyl (C=O) groups is 4. The number of nitrogens with zero attached hydrogens (tertiary/aromatic N) is 3. The van der Waals surface area contributed by atoms with E-state index in [4.69, 9.17) is 14.2 Å². The van der Waals surface area contributed by atoms with Gasteiger partial charge in [-0.1, -0.05) is 30.3 Å². The molecular weight excluding hydrogens is 580 g/mol. The number of Topliss-reactive ketones (excluding diaryl/α,β-unsaturated/α-hetero) is 1. The molecule has 4 rings (SSSR count). The lowest BCUT2D eigenvalue weighted by atomic mass is 9.98.